The lowest BCUT2D eigenvalue weighted by atomic mass is 9.69. The van der Waals surface area contributed by atoms with Crippen molar-refractivity contribution in [1.82, 2.24) is 0 Å². The fourth-order valence-electron chi connectivity index (χ4n) is 2.31. The molecule has 0 heterocycles. The van der Waals surface area contributed by atoms with Crippen molar-refractivity contribution in [3.8, 4) is 0 Å². The fraction of sp³-hybridized carbons (Fsp3) is 1.00. The maximum absolute atomic E-state index is 10.1. The van der Waals surface area contributed by atoms with Crippen LogP contribution in [-0.2, 0) is 0 Å². The maximum Gasteiger partial charge on any atom is 0.0930 e. The van der Waals surface area contributed by atoms with Crippen molar-refractivity contribution in [2.24, 2.45) is 0 Å². The monoisotopic (exact) mass is 172 g/mol. The Bertz CT molecular complexity index is 140. The number of hydrogen-bond acceptors (Lipinski definition) is 2. The Balaban J connectivity index is 2.79. The summed E-state index contributed by atoms with van der Waals surface area (Å²) in [5.41, 5.74) is -1.64. The summed E-state index contributed by atoms with van der Waals surface area (Å²) in [7, 11) is 0. The van der Waals surface area contributed by atoms with Gasteiger partial charge in [0.05, 0.1) is 11.2 Å². The van der Waals surface area contributed by atoms with Gasteiger partial charge in [0.2, 0.25) is 0 Å². The Kier molecular flexibility index (Phi) is 2.79. The van der Waals surface area contributed by atoms with Gasteiger partial charge in [0.15, 0.2) is 0 Å². The van der Waals surface area contributed by atoms with Crippen LogP contribution >= 0.6 is 0 Å². The van der Waals surface area contributed by atoms with Crippen LogP contribution in [0.3, 0.4) is 0 Å². The molecule has 0 saturated heterocycles. The van der Waals surface area contributed by atoms with Crippen molar-refractivity contribution in [2.45, 2.75) is 63.6 Å². The standard InChI is InChI=1S/C10H20O2/c1-3-9(11)7-5-6-8-10(9,12)4-2/h11-12H,3-8H2,1-2H3. The molecule has 0 spiro atoms. The minimum Gasteiger partial charge on any atom is -0.387 e. The van der Waals surface area contributed by atoms with E-state index in [1.807, 2.05) is 13.8 Å². The molecule has 0 radical (unpaired) electrons. The smallest absolute Gasteiger partial charge is 0.0930 e. The van der Waals surface area contributed by atoms with Crippen LogP contribution < -0.4 is 0 Å². The zero-order valence-electron chi connectivity index (χ0n) is 8.14. The zero-order chi connectivity index (χ0) is 9.24. The highest BCUT2D eigenvalue weighted by atomic mass is 16.4. The van der Waals surface area contributed by atoms with Crippen LogP contribution in [0.15, 0.2) is 0 Å². The summed E-state index contributed by atoms with van der Waals surface area (Å²) in [6.45, 7) is 3.90. The highest BCUT2D eigenvalue weighted by molar-refractivity contribution is 5.00. The molecule has 2 N–H and O–H groups in total. The molecule has 1 saturated carbocycles. The molecule has 72 valence electrons. The van der Waals surface area contributed by atoms with E-state index in [4.69, 9.17) is 0 Å². The average Bonchev–Trinajstić information content (AvgIpc) is 2.10. The Morgan fingerprint density at radius 2 is 1.25 bits per heavy atom. The van der Waals surface area contributed by atoms with Gasteiger partial charge in [0.1, 0.15) is 0 Å². The van der Waals surface area contributed by atoms with E-state index in [-0.39, 0.29) is 0 Å². The summed E-state index contributed by atoms with van der Waals surface area (Å²) in [6, 6.07) is 0. The summed E-state index contributed by atoms with van der Waals surface area (Å²) < 4.78 is 0. The molecule has 0 bridgehead atoms. The predicted octanol–water partition coefficient (Wildman–Crippen LogP) is 1.84. The molecular weight excluding hydrogens is 152 g/mol. The van der Waals surface area contributed by atoms with Gasteiger partial charge in [-0.1, -0.05) is 26.7 Å². The Labute approximate surface area is 74.6 Å². The molecule has 0 amide bonds. The summed E-state index contributed by atoms with van der Waals surface area (Å²) in [4.78, 5) is 0. The Hall–Kier alpha value is -0.0800. The molecule has 12 heavy (non-hydrogen) atoms. The lowest BCUT2D eigenvalue weighted by Gasteiger charge is -2.46. The van der Waals surface area contributed by atoms with E-state index in [1.165, 1.54) is 0 Å². The molecule has 2 nitrogen and oxygen atoms in total. The number of rotatable bonds is 2. The maximum atomic E-state index is 10.1. The third-order valence-electron chi connectivity index (χ3n) is 3.47. The summed E-state index contributed by atoms with van der Waals surface area (Å²) in [5, 5.41) is 20.3. The van der Waals surface area contributed by atoms with E-state index in [1.54, 1.807) is 0 Å². The van der Waals surface area contributed by atoms with Crippen LogP contribution in [-0.4, -0.2) is 21.4 Å². The van der Waals surface area contributed by atoms with Crippen LogP contribution in [0.2, 0.25) is 0 Å². The quantitative estimate of drug-likeness (QED) is 0.667. The van der Waals surface area contributed by atoms with Gasteiger partial charge in [0, 0.05) is 0 Å². The van der Waals surface area contributed by atoms with Gasteiger partial charge in [0.25, 0.3) is 0 Å². The Morgan fingerprint density at radius 3 is 1.50 bits per heavy atom. The molecule has 2 atom stereocenters. The van der Waals surface area contributed by atoms with E-state index in [0.29, 0.717) is 12.8 Å². The third kappa shape index (κ3) is 1.38. The SMILES string of the molecule is CCC1(O)CCCCC1(O)CC. The van der Waals surface area contributed by atoms with E-state index in [2.05, 4.69) is 0 Å². The molecule has 2 heteroatoms. The number of hydrogen-bond donors (Lipinski definition) is 2. The second kappa shape index (κ2) is 3.35. The van der Waals surface area contributed by atoms with Crippen LogP contribution in [0.1, 0.15) is 52.4 Å². The van der Waals surface area contributed by atoms with E-state index in [0.717, 1.165) is 25.7 Å². The van der Waals surface area contributed by atoms with Gasteiger partial charge in [-0.25, -0.2) is 0 Å². The second-order valence-corrected chi connectivity index (χ2v) is 3.98. The minimum absolute atomic E-state index is 0.664. The van der Waals surface area contributed by atoms with Crippen molar-refractivity contribution >= 4 is 0 Å². The molecule has 1 aliphatic rings. The van der Waals surface area contributed by atoms with Crippen molar-refractivity contribution in [3.63, 3.8) is 0 Å². The van der Waals surface area contributed by atoms with Crippen molar-refractivity contribution in [2.75, 3.05) is 0 Å². The molecular formula is C10H20O2. The summed E-state index contributed by atoms with van der Waals surface area (Å²) in [6.07, 6.45) is 4.94. The lowest BCUT2D eigenvalue weighted by molar-refractivity contribution is -0.178. The largest absolute Gasteiger partial charge is 0.387 e. The first-order valence-corrected chi connectivity index (χ1v) is 5.03. The Morgan fingerprint density at radius 1 is 0.917 bits per heavy atom. The van der Waals surface area contributed by atoms with E-state index in [9.17, 15) is 10.2 Å². The van der Waals surface area contributed by atoms with Crippen LogP contribution in [0.4, 0.5) is 0 Å². The first-order chi connectivity index (χ1) is 5.58. The van der Waals surface area contributed by atoms with E-state index < -0.39 is 11.2 Å². The molecule has 0 aromatic rings. The van der Waals surface area contributed by atoms with Gasteiger partial charge in [-0.2, -0.15) is 0 Å². The van der Waals surface area contributed by atoms with Crippen LogP contribution in [0.5, 0.6) is 0 Å². The van der Waals surface area contributed by atoms with Gasteiger partial charge in [-0.05, 0) is 25.7 Å². The first-order valence-electron chi connectivity index (χ1n) is 5.03. The average molecular weight is 172 g/mol. The lowest BCUT2D eigenvalue weighted by Crippen LogP contribution is -2.55. The molecule has 1 fully saturated rings. The first kappa shape index (κ1) is 10.0. The second-order valence-electron chi connectivity index (χ2n) is 3.98. The molecule has 1 aliphatic carbocycles. The zero-order valence-corrected chi connectivity index (χ0v) is 8.14. The normalized spacial score (nSPS) is 43.0. The topological polar surface area (TPSA) is 40.5 Å². The molecule has 1 rings (SSSR count). The fourth-order valence-corrected chi connectivity index (χ4v) is 2.31. The molecule has 0 aliphatic heterocycles. The predicted molar refractivity (Wildman–Crippen MR) is 48.9 cm³/mol. The van der Waals surface area contributed by atoms with Gasteiger partial charge >= 0.3 is 0 Å². The van der Waals surface area contributed by atoms with Gasteiger partial charge in [-0.15, -0.1) is 0 Å². The van der Waals surface area contributed by atoms with Gasteiger partial charge < -0.3 is 10.2 Å². The highest BCUT2D eigenvalue weighted by Crippen LogP contribution is 2.41. The summed E-state index contributed by atoms with van der Waals surface area (Å²) >= 11 is 0. The van der Waals surface area contributed by atoms with Crippen molar-refractivity contribution in [3.05, 3.63) is 0 Å². The number of aliphatic hydroxyl groups is 2. The molecule has 2 unspecified atom stereocenters. The minimum atomic E-state index is -0.819. The third-order valence-corrected chi connectivity index (χ3v) is 3.47. The van der Waals surface area contributed by atoms with Crippen LogP contribution in [0.25, 0.3) is 0 Å². The summed E-state index contributed by atoms with van der Waals surface area (Å²) in [5.74, 6) is 0. The molecule has 0 aromatic heterocycles. The molecule has 0 aromatic carbocycles. The van der Waals surface area contributed by atoms with E-state index >= 15 is 0 Å². The van der Waals surface area contributed by atoms with Crippen LogP contribution in [0, 0.1) is 0 Å². The van der Waals surface area contributed by atoms with Gasteiger partial charge in [-0.3, -0.25) is 0 Å². The van der Waals surface area contributed by atoms with Crippen molar-refractivity contribution in [1.29, 1.82) is 0 Å². The highest BCUT2D eigenvalue weighted by Gasteiger charge is 2.47. The van der Waals surface area contributed by atoms with Crippen molar-refractivity contribution < 1.29 is 10.2 Å².